The maximum atomic E-state index is 13.0. The zero-order valence-electron chi connectivity index (χ0n) is 8.93. The van der Waals surface area contributed by atoms with Gasteiger partial charge in [-0.3, -0.25) is 0 Å². The molecule has 0 amide bonds. The van der Waals surface area contributed by atoms with Crippen LogP contribution in [0.5, 0.6) is 0 Å². The molecule has 0 aliphatic heterocycles. The minimum atomic E-state index is -1.06. The van der Waals surface area contributed by atoms with Crippen LogP contribution in [0.2, 0.25) is 0 Å². The van der Waals surface area contributed by atoms with Crippen molar-refractivity contribution in [2.45, 2.75) is 6.42 Å². The van der Waals surface area contributed by atoms with E-state index in [1.807, 2.05) is 0 Å². The molecule has 1 N–H and O–H groups in total. The van der Waals surface area contributed by atoms with Crippen molar-refractivity contribution in [2.24, 2.45) is 0 Å². The molecule has 0 radical (unpaired) electrons. The second-order valence-corrected chi connectivity index (χ2v) is 3.63. The standard InChI is InChI=1S/C13H10FNO2/c14-10-4-1-3-9(7-10)8-11-5-2-6-12(15-11)13(16)17/h1-7H,8H2,(H,16,17). The first-order valence-corrected chi connectivity index (χ1v) is 5.09. The molecule has 0 fully saturated rings. The summed E-state index contributed by atoms with van der Waals surface area (Å²) in [6.07, 6.45) is 0.416. The Morgan fingerprint density at radius 1 is 1.24 bits per heavy atom. The van der Waals surface area contributed by atoms with Crippen molar-refractivity contribution < 1.29 is 14.3 Å². The third kappa shape index (κ3) is 2.87. The largest absolute Gasteiger partial charge is 0.477 e. The minimum Gasteiger partial charge on any atom is -0.477 e. The number of nitrogens with zero attached hydrogens (tertiary/aromatic N) is 1. The molecule has 0 bridgehead atoms. The number of carbonyl (C=O) groups is 1. The molecular formula is C13H10FNO2. The van der Waals surface area contributed by atoms with Crippen molar-refractivity contribution in [2.75, 3.05) is 0 Å². The second-order valence-electron chi connectivity index (χ2n) is 3.63. The molecule has 0 saturated heterocycles. The van der Waals surface area contributed by atoms with Gasteiger partial charge in [-0.1, -0.05) is 18.2 Å². The van der Waals surface area contributed by atoms with E-state index in [2.05, 4.69) is 4.98 Å². The van der Waals surface area contributed by atoms with Gasteiger partial charge in [0.15, 0.2) is 0 Å². The van der Waals surface area contributed by atoms with E-state index < -0.39 is 5.97 Å². The van der Waals surface area contributed by atoms with Crippen LogP contribution in [0.4, 0.5) is 4.39 Å². The monoisotopic (exact) mass is 231 g/mol. The van der Waals surface area contributed by atoms with Crippen LogP contribution in [-0.4, -0.2) is 16.1 Å². The Balaban J connectivity index is 2.24. The summed E-state index contributed by atoms with van der Waals surface area (Å²) in [6.45, 7) is 0. The van der Waals surface area contributed by atoms with Crippen LogP contribution in [0, 0.1) is 5.82 Å². The predicted molar refractivity (Wildman–Crippen MR) is 60.4 cm³/mol. The number of hydrogen-bond acceptors (Lipinski definition) is 2. The Hall–Kier alpha value is -2.23. The number of pyridine rings is 1. The van der Waals surface area contributed by atoms with Gasteiger partial charge >= 0.3 is 5.97 Å². The molecule has 3 nitrogen and oxygen atoms in total. The van der Waals surface area contributed by atoms with Gasteiger partial charge in [0.05, 0.1) is 0 Å². The summed E-state index contributed by atoms with van der Waals surface area (Å²) in [7, 11) is 0. The van der Waals surface area contributed by atoms with E-state index in [0.717, 1.165) is 5.56 Å². The van der Waals surface area contributed by atoms with Crippen LogP contribution in [0.15, 0.2) is 42.5 Å². The molecule has 1 heterocycles. The molecule has 0 spiro atoms. The van der Waals surface area contributed by atoms with Gasteiger partial charge in [0.25, 0.3) is 0 Å². The number of hydrogen-bond donors (Lipinski definition) is 1. The number of halogens is 1. The lowest BCUT2D eigenvalue weighted by molar-refractivity contribution is 0.0690. The molecule has 0 aliphatic carbocycles. The smallest absolute Gasteiger partial charge is 0.354 e. The van der Waals surface area contributed by atoms with Gasteiger partial charge in [-0.15, -0.1) is 0 Å². The summed E-state index contributed by atoms with van der Waals surface area (Å²) in [4.78, 5) is 14.7. The van der Waals surface area contributed by atoms with Crippen LogP contribution in [0.1, 0.15) is 21.7 Å². The Morgan fingerprint density at radius 2 is 2.00 bits per heavy atom. The van der Waals surface area contributed by atoms with E-state index in [0.29, 0.717) is 12.1 Å². The minimum absolute atomic E-state index is 0.00102. The highest BCUT2D eigenvalue weighted by molar-refractivity contribution is 5.85. The molecule has 1 aromatic heterocycles. The molecular weight excluding hydrogens is 221 g/mol. The Morgan fingerprint density at radius 3 is 2.71 bits per heavy atom. The highest BCUT2D eigenvalue weighted by atomic mass is 19.1. The Kier molecular flexibility index (Phi) is 3.14. The lowest BCUT2D eigenvalue weighted by atomic mass is 10.1. The molecule has 0 atom stereocenters. The first-order valence-electron chi connectivity index (χ1n) is 5.09. The molecule has 4 heteroatoms. The van der Waals surface area contributed by atoms with E-state index in [9.17, 15) is 9.18 Å². The fourth-order valence-electron chi connectivity index (χ4n) is 1.55. The molecule has 0 aliphatic rings. The SMILES string of the molecule is O=C(O)c1cccc(Cc2cccc(F)c2)n1. The summed E-state index contributed by atoms with van der Waals surface area (Å²) in [5.41, 5.74) is 1.37. The van der Waals surface area contributed by atoms with Crippen LogP contribution in [0.3, 0.4) is 0 Å². The van der Waals surface area contributed by atoms with Crippen molar-refractivity contribution >= 4 is 5.97 Å². The lowest BCUT2D eigenvalue weighted by Gasteiger charge is -2.02. The van der Waals surface area contributed by atoms with E-state index in [1.54, 1.807) is 24.3 Å². The third-order valence-electron chi connectivity index (χ3n) is 2.30. The second kappa shape index (κ2) is 4.74. The van der Waals surface area contributed by atoms with E-state index >= 15 is 0 Å². The van der Waals surface area contributed by atoms with E-state index in [-0.39, 0.29) is 11.5 Å². The van der Waals surface area contributed by atoms with Crippen molar-refractivity contribution in [1.82, 2.24) is 4.98 Å². The Labute approximate surface area is 97.6 Å². The number of carboxylic acid groups (broad SMARTS) is 1. The number of rotatable bonds is 3. The number of benzene rings is 1. The zero-order chi connectivity index (χ0) is 12.3. The highest BCUT2D eigenvalue weighted by Gasteiger charge is 2.05. The van der Waals surface area contributed by atoms with Gasteiger partial charge < -0.3 is 5.11 Å². The fourth-order valence-corrected chi connectivity index (χ4v) is 1.55. The van der Waals surface area contributed by atoms with Gasteiger partial charge in [-0.2, -0.15) is 0 Å². The van der Waals surface area contributed by atoms with Gasteiger partial charge in [-0.05, 0) is 29.8 Å². The maximum Gasteiger partial charge on any atom is 0.354 e. The first-order chi connectivity index (χ1) is 8.15. The molecule has 86 valence electrons. The fraction of sp³-hybridized carbons (Fsp3) is 0.0769. The molecule has 0 unspecified atom stereocenters. The zero-order valence-corrected chi connectivity index (χ0v) is 8.93. The van der Waals surface area contributed by atoms with Crippen molar-refractivity contribution in [3.8, 4) is 0 Å². The van der Waals surface area contributed by atoms with Gasteiger partial charge in [0, 0.05) is 12.1 Å². The van der Waals surface area contributed by atoms with Crippen molar-refractivity contribution in [3.63, 3.8) is 0 Å². The molecule has 17 heavy (non-hydrogen) atoms. The van der Waals surface area contributed by atoms with Gasteiger partial charge in [0.1, 0.15) is 11.5 Å². The lowest BCUT2D eigenvalue weighted by Crippen LogP contribution is -2.02. The number of carboxylic acids is 1. The molecule has 2 aromatic rings. The van der Waals surface area contributed by atoms with Gasteiger partial charge in [0.2, 0.25) is 0 Å². The predicted octanol–water partition coefficient (Wildman–Crippen LogP) is 2.51. The Bertz CT molecular complexity index is 555. The topological polar surface area (TPSA) is 50.2 Å². The maximum absolute atomic E-state index is 13.0. The molecule has 2 rings (SSSR count). The summed E-state index contributed by atoms with van der Waals surface area (Å²) >= 11 is 0. The number of aromatic nitrogens is 1. The molecule has 1 aromatic carbocycles. The van der Waals surface area contributed by atoms with Crippen LogP contribution in [0.25, 0.3) is 0 Å². The summed E-state index contributed by atoms with van der Waals surface area (Å²) in [5, 5.41) is 8.80. The van der Waals surface area contributed by atoms with E-state index in [4.69, 9.17) is 5.11 Å². The number of aromatic carboxylic acids is 1. The highest BCUT2D eigenvalue weighted by Crippen LogP contribution is 2.09. The molecule has 0 saturated carbocycles. The average molecular weight is 231 g/mol. The quantitative estimate of drug-likeness (QED) is 0.882. The average Bonchev–Trinajstić information content (AvgIpc) is 2.29. The van der Waals surface area contributed by atoms with Crippen LogP contribution in [-0.2, 0) is 6.42 Å². The summed E-state index contributed by atoms with van der Waals surface area (Å²) in [6, 6.07) is 10.9. The van der Waals surface area contributed by atoms with Crippen molar-refractivity contribution in [3.05, 3.63) is 65.2 Å². The van der Waals surface area contributed by atoms with Gasteiger partial charge in [-0.25, -0.2) is 14.2 Å². The van der Waals surface area contributed by atoms with Crippen LogP contribution < -0.4 is 0 Å². The van der Waals surface area contributed by atoms with Crippen molar-refractivity contribution in [1.29, 1.82) is 0 Å². The summed E-state index contributed by atoms with van der Waals surface area (Å²) in [5.74, 6) is -1.37. The first kappa shape index (κ1) is 11.3. The third-order valence-corrected chi connectivity index (χ3v) is 2.30. The van der Waals surface area contributed by atoms with Crippen LogP contribution >= 0.6 is 0 Å². The normalized spacial score (nSPS) is 10.2. The van der Waals surface area contributed by atoms with E-state index in [1.165, 1.54) is 18.2 Å². The summed E-state index contributed by atoms with van der Waals surface area (Å²) < 4.78 is 13.0.